The number of nitrogens with zero attached hydrogens (tertiary/aromatic N) is 3. The second-order valence-corrected chi connectivity index (χ2v) is 14.4. The second kappa shape index (κ2) is 11.4. The fraction of sp³-hybridized carbons (Fsp3) is 0.194. The van der Waals surface area contributed by atoms with Crippen LogP contribution in [0.3, 0.4) is 0 Å². The van der Waals surface area contributed by atoms with Gasteiger partial charge in [0.25, 0.3) is 8.32 Å². The Balaban J connectivity index is 1.54. The topological polar surface area (TPSA) is 75.1 Å². The van der Waals surface area contributed by atoms with Crippen LogP contribution in [-0.4, -0.2) is 14.2 Å². The average Bonchev–Trinajstić information content (AvgIpc) is 2.91. The lowest BCUT2D eigenvalue weighted by molar-refractivity contribution is 0.100. The highest BCUT2D eigenvalue weighted by Gasteiger charge is 2.50. The number of rotatable bonds is 8. The van der Waals surface area contributed by atoms with Crippen molar-refractivity contribution in [1.82, 2.24) is 0 Å². The van der Waals surface area contributed by atoms with Crippen molar-refractivity contribution >= 4 is 24.6 Å². The van der Waals surface area contributed by atoms with Crippen molar-refractivity contribution in [2.75, 3.05) is 0 Å². The molecule has 0 fully saturated rings. The third-order valence-corrected chi connectivity index (χ3v) is 11.6. The summed E-state index contributed by atoms with van der Waals surface area (Å²) in [7, 11) is -2.58. The zero-order valence-electron chi connectivity index (χ0n) is 21.5. The SMILES string of the molecule is CC(C)(C)[Si](OCc1ccc(Cc2ccc(C(=O)N=[N+]=[N-])cc2)cc1)(c1ccccc1)c1ccccc1. The van der Waals surface area contributed by atoms with E-state index >= 15 is 0 Å². The van der Waals surface area contributed by atoms with Gasteiger partial charge < -0.3 is 4.43 Å². The molecule has 0 heterocycles. The number of hydrogen-bond donors (Lipinski definition) is 0. The van der Waals surface area contributed by atoms with Crippen LogP contribution >= 0.6 is 0 Å². The lowest BCUT2D eigenvalue weighted by Gasteiger charge is -2.43. The summed E-state index contributed by atoms with van der Waals surface area (Å²) in [6, 6.07) is 37.0. The van der Waals surface area contributed by atoms with Gasteiger partial charge in [0.15, 0.2) is 0 Å². The first kappa shape index (κ1) is 26.1. The van der Waals surface area contributed by atoms with Crippen LogP contribution in [0.2, 0.25) is 5.04 Å². The van der Waals surface area contributed by atoms with Crippen molar-refractivity contribution in [3.05, 3.63) is 142 Å². The first-order chi connectivity index (χ1) is 17.8. The molecule has 6 heteroatoms. The summed E-state index contributed by atoms with van der Waals surface area (Å²) in [5.41, 5.74) is 12.2. The van der Waals surface area contributed by atoms with Crippen LogP contribution in [0.4, 0.5) is 0 Å². The molecule has 37 heavy (non-hydrogen) atoms. The molecule has 0 aliphatic carbocycles. The van der Waals surface area contributed by atoms with E-state index in [4.69, 9.17) is 9.96 Å². The monoisotopic (exact) mass is 505 g/mol. The average molecular weight is 506 g/mol. The lowest BCUT2D eigenvalue weighted by Crippen LogP contribution is -2.66. The molecule has 0 N–H and O–H groups in total. The van der Waals surface area contributed by atoms with Gasteiger partial charge in [-0.2, -0.15) is 0 Å². The first-order valence-corrected chi connectivity index (χ1v) is 14.3. The summed E-state index contributed by atoms with van der Waals surface area (Å²) in [5, 5.41) is 5.61. The second-order valence-electron chi connectivity index (χ2n) is 10.1. The first-order valence-electron chi connectivity index (χ1n) is 12.3. The van der Waals surface area contributed by atoms with E-state index in [1.807, 2.05) is 12.1 Å². The van der Waals surface area contributed by atoms with E-state index in [2.05, 4.69) is 116 Å². The predicted molar refractivity (Wildman–Crippen MR) is 152 cm³/mol. The molecule has 0 atom stereocenters. The van der Waals surface area contributed by atoms with E-state index in [-0.39, 0.29) is 5.04 Å². The molecule has 0 saturated heterocycles. The van der Waals surface area contributed by atoms with Gasteiger partial charge in [-0.25, -0.2) is 0 Å². The highest BCUT2D eigenvalue weighted by atomic mass is 28.4. The molecule has 4 aromatic rings. The molecule has 0 aliphatic rings. The molecule has 186 valence electrons. The van der Waals surface area contributed by atoms with Crippen LogP contribution in [0.25, 0.3) is 10.4 Å². The highest BCUT2D eigenvalue weighted by Crippen LogP contribution is 2.37. The number of hydrogen-bond acceptors (Lipinski definition) is 2. The zero-order chi connectivity index (χ0) is 26.3. The molecule has 0 bridgehead atoms. The van der Waals surface area contributed by atoms with Gasteiger partial charge in [0.05, 0.1) is 6.61 Å². The number of benzene rings is 4. The smallest absolute Gasteiger partial charge is 0.261 e. The van der Waals surface area contributed by atoms with E-state index in [0.29, 0.717) is 12.2 Å². The molecule has 0 aliphatic heterocycles. The largest absolute Gasteiger partial charge is 0.403 e. The molecule has 1 amide bonds. The Morgan fingerprint density at radius 1 is 0.757 bits per heavy atom. The molecule has 0 unspecified atom stereocenters. The molecule has 5 nitrogen and oxygen atoms in total. The molecule has 0 aromatic heterocycles. The van der Waals surface area contributed by atoms with Gasteiger partial charge in [-0.15, -0.1) is 0 Å². The Labute approximate surface area is 219 Å². The zero-order valence-corrected chi connectivity index (χ0v) is 22.5. The van der Waals surface area contributed by atoms with Crippen LogP contribution < -0.4 is 10.4 Å². The minimum Gasteiger partial charge on any atom is -0.403 e. The fourth-order valence-corrected chi connectivity index (χ4v) is 9.34. The maximum Gasteiger partial charge on any atom is 0.261 e. The molecule has 4 aromatic carbocycles. The van der Waals surface area contributed by atoms with Gasteiger partial charge in [0.1, 0.15) is 0 Å². The normalized spacial score (nSPS) is 11.5. The Kier molecular flexibility index (Phi) is 8.04. The maximum absolute atomic E-state index is 11.7. The van der Waals surface area contributed by atoms with Gasteiger partial charge in [0, 0.05) is 10.5 Å². The Hall–Kier alpha value is -3.96. The fourth-order valence-electron chi connectivity index (χ4n) is 4.81. The quantitative estimate of drug-likeness (QED) is 0.114. The summed E-state index contributed by atoms with van der Waals surface area (Å²) in [6.07, 6.45) is 0.742. The molecule has 0 saturated carbocycles. The van der Waals surface area contributed by atoms with Crippen molar-refractivity contribution in [2.45, 2.75) is 38.8 Å². The minimum atomic E-state index is -2.58. The predicted octanol–water partition coefficient (Wildman–Crippen LogP) is 6.80. The summed E-state index contributed by atoms with van der Waals surface area (Å²) >= 11 is 0. The van der Waals surface area contributed by atoms with Crippen molar-refractivity contribution in [3.8, 4) is 0 Å². The van der Waals surface area contributed by atoms with E-state index in [1.165, 1.54) is 15.9 Å². The molecule has 0 spiro atoms. The minimum absolute atomic E-state index is 0.0677. The maximum atomic E-state index is 11.7. The standard InChI is InChI=1S/C31H31N3O2Si/c1-31(2,3)37(28-10-6-4-7-11-28,29-12-8-5-9-13-29)36-23-26-16-14-24(15-17-26)22-25-18-20-27(21-19-25)30(35)33-34-32/h4-21H,22-23H2,1-3H3. The lowest BCUT2D eigenvalue weighted by atomic mass is 10.0. The van der Waals surface area contributed by atoms with Crippen LogP contribution in [0.5, 0.6) is 0 Å². The van der Waals surface area contributed by atoms with Crippen molar-refractivity contribution < 1.29 is 9.22 Å². The summed E-state index contributed by atoms with van der Waals surface area (Å²) < 4.78 is 7.04. The number of carbonyl (C=O) groups is 1. The van der Waals surface area contributed by atoms with Crippen LogP contribution in [-0.2, 0) is 17.5 Å². The summed E-state index contributed by atoms with van der Waals surface area (Å²) in [4.78, 5) is 14.3. The third kappa shape index (κ3) is 5.89. The molecular formula is C31H31N3O2Si. The van der Waals surface area contributed by atoms with E-state index in [9.17, 15) is 4.79 Å². The molecule has 0 radical (unpaired) electrons. The summed E-state index contributed by atoms with van der Waals surface area (Å²) in [5.74, 6) is -0.570. The Bertz CT molecular complexity index is 1340. The van der Waals surface area contributed by atoms with Crippen LogP contribution in [0.15, 0.2) is 114 Å². The number of azide groups is 1. The van der Waals surface area contributed by atoms with Crippen LogP contribution in [0, 0.1) is 0 Å². The van der Waals surface area contributed by atoms with Crippen molar-refractivity contribution in [1.29, 1.82) is 0 Å². The molecular weight excluding hydrogens is 474 g/mol. The van der Waals surface area contributed by atoms with E-state index < -0.39 is 14.2 Å². The number of carbonyl (C=O) groups excluding carboxylic acids is 1. The van der Waals surface area contributed by atoms with Gasteiger partial charge in [0.2, 0.25) is 5.91 Å². The van der Waals surface area contributed by atoms with Crippen LogP contribution in [0.1, 0.15) is 47.8 Å². The van der Waals surface area contributed by atoms with Crippen molar-refractivity contribution in [2.24, 2.45) is 5.11 Å². The van der Waals surface area contributed by atoms with Gasteiger partial charge >= 0.3 is 0 Å². The van der Waals surface area contributed by atoms with E-state index in [1.54, 1.807) is 12.1 Å². The Morgan fingerprint density at radius 2 is 1.22 bits per heavy atom. The van der Waals surface area contributed by atoms with Crippen molar-refractivity contribution in [3.63, 3.8) is 0 Å². The summed E-state index contributed by atoms with van der Waals surface area (Å²) in [6.45, 7) is 7.39. The third-order valence-electron chi connectivity index (χ3n) is 6.64. The van der Waals surface area contributed by atoms with Gasteiger partial charge in [-0.05, 0) is 49.2 Å². The van der Waals surface area contributed by atoms with Gasteiger partial charge in [-0.1, -0.05) is 130 Å². The van der Waals surface area contributed by atoms with Gasteiger partial charge in [-0.3, -0.25) is 4.79 Å². The van der Waals surface area contributed by atoms with E-state index in [0.717, 1.165) is 17.5 Å². The number of amides is 1. The highest BCUT2D eigenvalue weighted by molar-refractivity contribution is 6.99. The Morgan fingerprint density at radius 3 is 1.68 bits per heavy atom. The molecule has 4 rings (SSSR count).